The van der Waals surface area contributed by atoms with Crippen molar-refractivity contribution in [2.24, 2.45) is 0 Å². The Bertz CT molecular complexity index is 255. The van der Waals surface area contributed by atoms with Gasteiger partial charge in [0.1, 0.15) is 7.28 Å². The highest BCUT2D eigenvalue weighted by atomic mass is 14.1. The van der Waals surface area contributed by atoms with Crippen molar-refractivity contribution in [2.75, 3.05) is 0 Å². The Hall–Kier alpha value is 0.0649. The highest BCUT2D eigenvalue weighted by molar-refractivity contribution is 6.39. The third-order valence-corrected chi connectivity index (χ3v) is 6.30. The molecule has 0 nitrogen and oxygen atoms in total. The first-order chi connectivity index (χ1) is 12.4. The van der Waals surface area contributed by atoms with E-state index in [0.717, 1.165) is 11.6 Å². The zero-order valence-electron chi connectivity index (χ0n) is 17.9. The van der Waals surface area contributed by atoms with Crippen molar-refractivity contribution in [3.63, 3.8) is 0 Å². The van der Waals surface area contributed by atoms with E-state index in [-0.39, 0.29) is 0 Å². The third kappa shape index (κ3) is 13.9. The zero-order chi connectivity index (χ0) is 18.0. The molecule has 1 rings (SSSR count). The van der Waals surface area contributed by atoms with Crippen LogP contribution in [0.5, 0.6) is 0 Å². The zero-order valence-corrected chi connectivity index (χ0v) is 17.9. The summed E-state index contributed by atoms with van der Waals surface area (Å²) in [6, 6.07) is 0. The maximum absolute atomic E-state index is 2.84. The van der Waals surface area contributed by atoms with E-state index >= 15 is 0 Å². The smallest absolute Gasteiger partial charge is 0.0686 e. The van der Waals surface area contributed by atoms with Gasteiger partial charge in [-0.3, -0.25) is 0 Å². The summed E-state index contributed by atoms with van der Waals surface area (Å²) < 4.78 is 0. The number of hydrogen-bond acceptors (Lipinski definition) is 0. The highest BCUT2D eigenvalue weighted by Gasteiger charge is 2.18. The first-order valence-electron chi connectivity index (χ1n) is 12.2. The van der Waals surface area contributed by atoms with Crippen molar-refractivity contribution >= 4 is 7.28 Å². The second kappa shape index (κ2) is 17.5. The number of unbranched alkanes of at least 4 members (excludes halogenated alkanes) is 9. The maximum atomic E-state index is 2.84. The molecular weight excluding hydrogens is 299 g/mol. The topological polar surface area (TPSA) is 0 Å². The molecule has 0 amide bonds. The monoisotopic (exact) mass is 347 g/mol. The summed E-state index contributed by atoms with van der Waals surface area (Å²) in [4.78, 5) is 0. The van der Waals surface area contributed by atoms with Gasteiger partial charge in [-0.1, -0.05) is 154 Å². The van der Waals surface area contributed by atoms with Crippen LogP contribution in [0.15, 0.2) is 0 Å². The fourth-order valence-corrected chi connectivity index (χ4v) is 4.60. The first kappa shape index (κ1) is 23.1. The quantitative estimate of drug-likeness (QED) is 0.205. The standard InChI is InChI=1S/C24H48B/c1-3-5-7-9-12-16-20-23(19-15-11-8-6-4-2)25-24-21-17-13-10-14-18-22-24/h23-24H,3-22H2,1-2H3. The lowest BCUT2D eigenvalue weighted by Gasteiger charge is -2.24. The summed E-state index contributed by atoms with van der Waals surface area (Å²) in [5.74, 6) is 1.87. The normalized spacial score (nSPS) is 17.8. The van der Waals surface area contributed by atoms with Crippen LogP contribution in [-0.2, 0) is 0 Å². The van der Waals surface area contributed by atoms with Crippen LogP contribution in [0.4, 0.5) is 0 Å². The van der Waals surface area contributed by atoms with Gasteiger partial charge < -0.3 is 0 Å². The molecule has 1 unspecified atom stereocenters. The minimum Gasteiger partial charge on any atom is -0.0686 e. The highest BCUT2D eigenvalue weighted by Crippen LogP contribution is 2.33. The molecule has 0 aromatic rings. The second-order valence-corrected chi connectivity index (χ2v) is 8.82. The minimum atomic E-state index is 0.928. The van der Waals surface area contributed by atoms with Crippen LogP contribution >= 0.6 is 0 Å². The van der Waals surface area contributed by atoms with E-state index in [4.69, 9.17) is 0 Å². The molecule has 0 aliphatic heterocycles. The van der Waals surface area contributed by atoms with E-state index in [1.165, 1.54) is 128 Å². The second-order valence-electron chi connectivity index (χ2n) is 8.82. The van der Waals surface area contributed by atoms with Gasteiger partial charge in [-0.05, 0) is 0 Å². The van der Waals surface area contributed by atoms with E-state index in [1.54, 1.807) is 0 Å². The molecule has 147 valence electrons. The van der Waals surface area contributed by atoms with Gasteiger partial charge in [0.25, 0.3) is 0 Å². The SMILES string of the molecule is CCCCCCCCC([B]C1CCCCCCC1)CCCCCCC. The molecule has 0 aromatic carbocycles. The molecule has 1 saturated carbocycles. The molecule has 0 aromatic heterocycles. The molecule has 1 heteroatoms. The molecule has 0 N–H and O–H groups in total. The molecule has 1 aliphatic rings. The largest absolute Gasteiger partial charge is 0.117 e. The molecule has 1 aliphatic carbocycles. The molecule has 0 bridgehead atoms. The maximum Gasteiger partial charge on any atom is 0.117 e. The summed E-state index contributed by atoms with van der Waals surface area (Å²) in [6.45, 7) is 4.64. The van der Waals surface area contributed by atoms with Gasteiger partial charge in [0.05, 0.1) is 0 Å². The summed E-state index contributed by atoms with van der Waals surface area (Å²) in [5.41, 5.74) is 0. The van der Waals surface area contributed by atoms with Crippen molar-refractivity contribution in [3.8, 4) is 0 Å². The Morgan fingerprint density at radius 3 is 1.56 bits per heavy atom. The van der Waals surface area contributed by atoms with E-state index in [9.17, 15) is 0 Å². The van der Waals surface area contributed by atoms with Crippen molar-refractivity contribution < 1.29 is 0 Å². The molecule has 1 fully saturated rings. The lowest BCUT2D eigenvalue weighted by atomic mass is 9.50. The van der Waals surface area contributed by atoms with Crippen molar-refractivity contribution in [2.45, 2.75) is 154 Å². The summed E-state index contributed by atoms with van der Waals surface area (Å²) in [6.07, 6.45) is 29.3. The average Bonchev–Trinajstić information content (AvgIpc) is 2.59. The van der Waals surface area contributed by atoms with Gasteiger partial charge in [0, 0.05) is 0 Å². The van der Waals surface area contributed by atoms with Crippen molar-refractivity contribution in [1.29, 1.82) is 0 Å². The van der Waals surface area contributed by atoms with Crippen LogP contribution in [0, 0.1) is 0 Å². The molecule has 0 heterocycles. The van der Waals surface area contributed by atoms with Crippen LogP contribution in [0.2, 0.25) is 11.6 Å². The van der Waals surface area contributed by atoms with Gasteiger partial charge in [0.2, 0.25) is 0 Å². The van der Waals surface area contributed by atoms with E-state index in [2.05, 4.69) is 21.1 Å². The Morgan fingerprint density at radius 2 is 1.04 bits per heavy atom. The van der Waals surface area contributed by atoms with Crippen LogP contribution in [0.1, 0.15) is 142 Å². The van der Waals surface area contributed by atoms with Gasteiger partial charge >= 0.3 is 0 Å². The summed E-state index contributed by atoms with van der Waals surface area (Å²) in [5, 5.41) is 0. The van der Waals surface area contributed by atoms with Crippen LogP contribution in [0.25, 0.3) is 0 Å². The Balaban J connectivity index is 2.26. The molecule has 0 spiro atoms. The van der Waals surface area contributed by atoms with Gasteiger partial charge in [0.15, 0.2) is 0 Å². The predicted octanol–water partition coefficient (Wildman–Crippen LogP) is 9.12. The lowest BCUT2D eigenvalue weighted by Crippen LogP contribution is -2.13. The lowest BCUT2D eigenvalue weighted by molar-refractivity contribution is 0.489. The Kier molecular flexibility index (Phi) is 16.2. The predicted molar refractivity (Wildman–Crippen MR) is 117 cm³/mol. The Morgan fingerprint density at radius 1 is 0.600 bits per heavy atom. The van der Waals surface area contributed by atoms with E-state index < -0.39 is 0 Å². The fourth-order valence-electron chi connectivity index (χ4n) is 4.60. The molecule has 25 heavy (non-hydrogen) atoms. The van der Waals surface area contributed by atoms with Crippen molar-refractivity contribution in [3.05, 3.63) is 0 Å². The summed E-state index contributed by atoms with van der Waals surface area (Å²) >= 11 is 0. The summed E-state index contributed by atoms with van der Waals surface area (Å²) in [7, 11) is 2.84. The third-order valence-electron chi connectivity index (χ3n) is 6.30. The molecular formula is C24H48B. The molecule has 1 radical (unpaired) electrons. The van der Waals surface area contributed by atoms with Gasteiger partial charge in [-0.2, -0.15) is 0 Å². The number of hydrogen-bond donors (Lipinski definition) is 0. The Labute approximate surface area is 161 Å². The van der Waals surface area contributed by atoms with Crippen LogP contribution in [-0.4, -0.2) is 7.28 Å². The molecule has 1 atom stereocenters. The fraction of sp³-hybridized carbons (Fsp3) is 1.00. The molecule has 0 saturated heterocycles. The van der Waals surface area contributed by atoms with E-state index in [1.807, 2.05) is 0 Å². The van der Waals surface area contributed by atoms with Gasteiger partial charge in [-0.25, -0.2) is 0 Å². The van der Waals surface area contributed by atoms with Gasteiger partial charge in [-0.15, -0.1) is 0 Å². The van der Waals surface area contributed by atoms with Crippen LogP contribution in [0.3, 0.4) is 0 Å². The first-order valence-corrected chi connectivity index (χ1v) is 12.2. The number of rotatable bonds is 15. The van der Waals surface area contributed by atoms with Crippen molar-refractivity contribution in [1.82, 2.24) is 0 Å². The minimum absolute atomic E-state index is 0.928. The van der Waals surface area contributed by atoms with E-state index in [0.29, 0.717) is 0 Å². The average molecular weight is 347 g/mol. The van der Waals surface area contributed by atoms with Crippen LogP contribution < -0.4 is 0 Å².